The van der Waals surface area contributed by atoms with Gasteiger partial charge >= 0.3 is 0 Å². The summed E-state index contributed by atoms with van der Waals surface area (Å²) in [4.78, 5) is 6.83. The van der Waals surface area contributed by atoms with Crippen LogP contribution in [0, 0.1) is 0 Å². The Kier molecular flexibility index (Phi) is 3.68. The molecule has 0 bridgehead atoms. The first-order valence-corrected chi connectivity index (χ1v) is 7.06. The zero-order valence-corrected chi connectivity index (χ0v) is 11.6. The van der Waals surface area contributed by atoms with Crippen molar-refractivity contribution in [1.82, 2.24) is 9.36 Å². The molecule has 1 fully saturated rings. The molecule has 1 atom stereocenters. The Morgan fingerprint density at radius 1 is 1.35 bits per heavy atom. The monoisotopic (exact) mass is 255 g/mol. The second-order valence-corrected chi connectivity index (χ2v) is 6.16. The third-order valence-electron chi connectivity index (χ3n) is 3.28. The highest BCUT2D eigenvalue weighted by molar-refractivity contribution is 7.09. The lowest BCUT2D eigenvalue weighted by Crippen LogP contribution is -2.28. The molecular weight excluding hydrogens is 234 g/mol. The highest BCUT2D eigenvalue weighted by Gasteiger charge is 2.26. The lowest BCUT2D eigenvalue weighted by atomic mass is 9.98. The van der Waals surface area contributed by atoms with Crippen molar-refractivity contribution in [2.75, 3.05) is 18.0 Å². The Bertz CT molecular complexity index is 376. The number of aromatic nitrogens is 2. The largest absolute Gasteiger partial charge is 0.390 e. The fraction of sp³-hybridized carbons (Fsp3) is 0.833. The molecule has 0 amide bonds. The normalized spacial score (nSPS) is 26.3. The molecular formula is C12H21N3OS. The molecule has 1 aromatic heterocycles. The number of hydrogen-bond acceptors (Lipinski definition) is 5. The second-order valence-electron chi connectivity index (χ2n) is 5.43. The summed E-state index contributed by atoms with van der Waals surface area (Å²) in [5, 5.41) is 11.1. The highest BCUT2D eigenvalue weighted by atomic mass is 32.1. The van der Waals surface area contributed by atoms with Crippen LogP contribution >= 0.6 is 11.5 Å². The molecule has 1 aliphatic rings. The van der Waals surface area contributed by atoms with Gasteiger partial charge in [-0.25, -0.2) is 4.98 Å². The first-order chi connectivity index (χ1) is 7.98. The Morgan fingerprint density at radius 2 is 2.12 bits per heavy atom. The minimum Gasteiger partial charge on any atom is -0.390 e. The summed E-state index contributed by atoms with van der Waals surface area (Å²) in [5.74, 6) is 1.32. The van der Waals surface area contributed by atoms with Gasteiger partial charge in [0.25, 0.3) is 0 Å². The maximum absolute atomic E-state index is 10.1. The van der Waals surface area contributed by atoms with Gasteiger partial charge in [0.1, 0.15) is 5.82 Å². The van der Waals surface area contributed by atoms with Gasteiger partial charge in [-0.1, -0.05) is 13.8 Å². The van der Waals surface area contributed by atoms with Crippen molar-refractivity contribution in [3.05, 3.63) is 5.82 Å². The molecule has 96 valence electrons. The smallest absolute Gasteiger partial charge is 0.205 e. The van der Waals surface area contributed by atoms with Gasteiger partial charge < -0.3 is 10.0 Å². The second kappa shape index (κ2) is 4.90. The van der Waals surface area contributed by atoms with Crippen LogP contribution in [0.3, 0.4) is 0 Å². The van der Waals surface area contributed by atoms with E-state index in [1.54, 1.807) is 0 Å². The predicted octanol–water partition coefficient (Wildman–Crippen LogP) is 2.40. The molecule has 1 saturated heterocycles. The number of aliphatic hydroxyl groups is 1. The molecule has 0 aliphatic carbocycles. The van der Waals surface area contributed by atoms with E-state index in [9.17, 15) is 5.11 Å². The van der Waals surface area contributed by atoms with E-state index in [0.29, 0.717) is 5.92 Å². The van der Waals surface area contributed by atoms with Crippen LogP contribution in [-0.2, 0) is 0 Å². The molecule has 1 unspecified atom stereocenters. The lowest BCUT2D eigenvalue weighted by Gasteiger charge is -2.21. The number of rotatable bonds is 2. The fourth-order valence-corrected chi connectivity index (χ4v) is 2.90. The van der Waals surface area contributed by atoms with Crippen molar-refractivity contribution in [1.29, 1.82) is 0 Å². The molecule has 1 aromatic rings. The van der Waals surface area contributed by atoms with Gasteiger partial charge in [-0.2, -0.15) is 4.37 Å². The summed E-state index contributed by atoms with van der Waals surface area (Å²) >= 11 is 1.48. The Balaban J connectivity index is 2.06. The quantitative estimate of drug-likeness (QED) is 0.881. The van der Waals surface area contributed by atoms with Gasteiger partial charge in [0.2, 0.25) is 5.13 Å². The Hall–Kier alpha value is -0.680. The first kappa shape index (κ1) is 12.8. The van der Waals surface area contributed by atoms with Crippen LogP contribution in [-0.4, -0.2) is 33.2 Å². The van der Waals surface area contributed by atoms with E-state index in [0.717, 1.165) is 43.3 Å². The van der Waals surface area contributed by atoms with Crippen molar-refractivity contribution in [3.8, 4) is 0 Å². The third-order valence-corrected chi connectivity index (χ3v) is 4.07. The van der Waals surface area contributed by atoms with Crippen LogP contribution in [0.1, 0.15) is 51.8 Å². The number of nitrogens with zero attached hydrogens (tertiary/aromatic N) is 3. The average Bonchev–Trinajstić information content (AvgIpc) is 2.65. The van der Waals surface area contributed by atoms with Crippen LogP contribution in [0.25, 0.3) is 0 Å². The summed E-state index contributed by atoms with van der Waals surface area (Å²) in [6, 6.07) is 0. The molecule has 0 spiro atoms. The van der Waals surface area contributed by atoms with E-state index in [-0.39, 0.29) is 0 Å². The van der Waals surface area contributed by atoms with Gasteiger partial charge in [-0.3, -0.25) is 0 Å². The van der Waals surface area contributed by atoms with Gasteiger partial charge in [0.05, 0.1) is 5.60 Å². The highest BCUT2D eigenvalue weighted by Crippen LogP contribution is 2.27. The summed E-state index contributed by atoms with van der Waals surface area (Å²) < 4.78 is 4.38. The third kappa shape index (κ3) is 3.16. The maximum Gasteiger partial charge on any atom is 0.205 e. The minimum atomic E-state index is -0.514. The van der Waals surface area contributed by atoms with Crippen LogP contribution in [0.5, 0.6) is 0 Å². The summed E-state index contributed by atoms with van der Waals surface area (Å²) in [5.41, 5.74) is -0.514. The van der Waals surface area contributed by atoms with E-state index in [1.165, 1.54) is 11.5 Å². The number of hydrogen-bond donors (Lipinski definition) is 1. The molecule has 2 rings (SSSR count). The Morgan fingerprint density at radius 3 is 2.76 bits per heavy atom. The SMILES string of the molecule is CC(C)c1nsc(N2CCCC(C)(O)CC2)n1. The van der Waals surface area contributed by atoms with E-state index in [1.807, 2.05) is 6.92 Å². The van der Waals surface area contributed by atoms with Gasteiger partial charge in [0, 0.05) is 30.5 Å². The molecule has 4 nitrogen and oxygen atoms in total. The van der Waals surface area contributed by atoms with Crippen LogP contribution < -0.4 is 4.90 Å². The summed E-state index contributed by atoms with van der Waals surface area (Å²) in [6.07, 6.45) is 2.70. The van der Waals surface area contributed by atoms with Crippen LogP contribution in [0.15, 0.2) is 0 Å². The van der Waals surface area contributed by atoms with E-state index >= 15 is 0 Å². The van der Waals surface area contributed by atoms with Crippen molar-refractivity contribution >= 4 is 16.7 Å². The lowest BCUT2D eigenvalue weighted by molar-refractivity contribution is 0.0481. The zero-order chi connectivity index (χ0) is 12.5. The van der Waals surface area contributed by atoms with Crippen molar-refractivity contribution in [2.24, 2.45) is 0 Å². The van der Waals surface area contributed by atoms with Crippen molar-refractivity contribution < 1.29 is 5.11 Å². The van der Waals surface area contributed by atoms with Gasteiger partial charge in [0.15, 0.2) is 0 Å². The summed E-state index contributed by atoms with van der Waals surface area (Å²) in [7, 11) is 0. The number of anilines is 1. The standard InChI is InChI=1S/C12H21N3OS/c1-9(2)10-13-11(17-14-10)15-7-4-5-12(3,16)6-8-15/h9,16H,4-8H2,1-3H3. The van der Waals surface area contributed by atoms with Gasteiger partial charge in [-0.05, 0) is 26.2 Å². The molecule has 2 heterocycles. The summed E-state index contributed by atoms with van der Waals surface area (Å²) in [6.45, 7) is 8.00. The van der Waals surface area contributed by atoms with E-state index in [2.05, 4.69) is 28.1 Å². The van der Waals surface area contributed by atoms with Crippen LogP contribution in [0.4, 0.5) is 5.13 Å². The predicted molar refractivity (Wildman–Crippen MR) is 70.7 cm³/mol. The zero-order valence-electron chi connectivity index (χ0n) is 10.8. The first-order valence-electron chi connectivity index (χ1n) is 6.29. The van der Waals surface area contributed by atoms with Crippen LogP contribution in [0.2, 0.25) is 0 Å². The maximum atomic E-state index is 10.1. The van der Waals surface area contributed by atoms with E-state index < -0.39 is 5.60 Å². The molecule has 17 heavy (non-hydrogen) atoms. The molecule has 0 aromatic carbocycles. The topological polar surface area (TPSA) is 49.2 Å². The average molecular weight is 255 g/mol. The van der Waals surface area contributed by atoms with Crippen molar-refractivity contribution in [2.45, 2.75) is 51.6 Å². The fourth-order valence-electron chi connectivity index (χ4n) is 2.04. The minimum absolute atomic E-state index is 0.384. The van der Waals surface area contributed by atoms with E-state index in [4.69, 9.17) is 0 Å². The molecule has 0 saturated carbocycles. The van der Waals surface area contributed by atoms with Gasteiger partial charge in [-0.15, -0.1) is 0 Å². The molecule has 5 heteroatoms. The molecule has 1 N–H and O–H groups in total. The molecule has 0 radical (unpaired) electrons. The molecule has 1 aliphatic heterocycles. The van der Waals surface area contributed by atoms with Crippen molar-refractivity contribution in [3.63, 3.8) is 0 Å². The Labute approximate surface area is 107 Å².